The number of benzene rings is 8. The molecule has 3 aromatic heterocycles. The molecule has 0 saturated carbocycles. The van der Waals surface area contributed by atoms with Crippen LogP contribution in [0.4, 0.5) is 0 Å². The van der Waals surface area contributed by atoms with E-state index in [-0.39, 0.29) is 0 Å². The lowest BCUT2D eigenvalue weighted by Crippen LogP contribution is -2.00. The van der Waals surface area contributed by atoms with Gasteiger partial charge in [-0.15, -0.1) is 0 Å². The highest BCUT2D eigenvalue weighted by atomic mass is 16.3. The van der Waals surface area contributed by atoms with Gasteiger partial charge in [0, 0.05) is 50.0 Å². The highest BCUT2D eigenvalue weighted by Gasteiger charge is 2.21. The number of rotatable bonds is 6. The molecule has 0 N–H and O–H groups in total. The normalized spacial score (nSPS) is 11.6. The molecule has 5 heteroatoms. The van der Waals surface area contributed by atoms with Crippen molar-refractivity contribution < 1.29 is 4.42 Å². The van der Waals surface area contributed by atoms with Gasteiger partial charge in [0.2, 0.25) is 0 Å². The Hall–Kier alpha value is -7.63. The van der Waals surface area contributed by atoms with E-state index in [1.54, 1.807) is 0 Å². The molecule has 0 aliphatic rings. The first-order valence-electron chi connectivity index (χ1n) is 18.8. The standard InChI is InChI=1S/C51H32N4O/c1-5-15-33(16-6-1)37-25-28-45-42(29-37)40-23-13-14-24-44(40)55(45)39-26-27-41-46(32-39)56-47-31-38(34-17-7-2-8-18-34)30-43(48(41)47)51-53-49(35-19-9-3-10-20-35)52-50(54-51)36-21-11-4-12-22-36/h1-32H. The molecule has 0 aliphatic carbocycles. The molecule has 0 atom stereocenters. The third-order valence-corrected chi connectivity index (χ3v) is 10.6. The molecule has 0 bridgehead atoms. The van der Waals surface area contributed by atoms with E-state index < -0.39 is 0 Å². The summed E-state index contributed by atoms with van der Waals surface area (Å²) in [6.45, 7) is 0. The van der Waals surface area contributed by atoms with E-state index in [1.807, 2.05) is 66.7 Å². The quantitative estimate of drug-likeness (QED) is 0.172. The maximum Gasteiger partial charge on any atom is 0.164 e. The van der Waals surface area contributed by atoms with Crippen molar-refractivity contribution in [2.24, 2.45) is 0 Å². The molecular weight excluding hydrogens is 685 g/mol. The third-order valence-electron chi connectivity index (χ3n) is 10.6. The molecule has 0 unspecified atom stereocenters. The van der Waals surface area contributed by atoms with Crippen LogP contribution in [0.15, 0.2) is 199 Å². The van der Waals surface area contributed by atoms with Crippen LogP contribution >= 0.6 is 0 Å². The van der Waals surface area contributed by atoms with Gasteiger partial charge < -0.3 is 8.98 Å². The summed E-state index contributed by atoms with van der Waals surface area (Å²) in [5.41, 5.74) is 12.1. The highest BCUT2D eigenvalue weighted by Crippen LogP contribution is 2.42. The molecule has 3 heterocycles. The van der Waals surface area contributed by atoms with Gasteiger partial charge in [-0.3, -0.25) is 0 Å². The zero-order chi connectivity index (χ0) is 37.0. The molecule has 8 aromatic carbocycles. The second-order valence-electron chi connectivity index (χ2n) is 14.0. The minimum absolute atomic E-state index is 0.587. The Bertz CT molecular complexity index is 3170. The first kappa shape index (κ1) is 31.9. The lowest BCUT2D eigenvalue weighted by atomic mass is 9.98. The fraction of sp³-hybridized carbons (Fsp3) is 0. The molecule has 56 heavy (non-hydrogen) atoms. The fourth-order valence-corrected chi connectivity index (χ4v) is 8.00. The van der Waals surface area contributed by atoms with Crippen molar-refractivity contribution >= 4 is 43.7 Å². The van der Waals surface area contributed by atoms with Crippen LogP contribution in [0.1, 0.15) is 0 Å². The van der Waals surface area contributed by atoms with Crippen molar-refractivity contribution in [3.8, 4) is 62.1 Å². The predicted octanol–water partition coefficient (Wildman–Crippen LogP) is 13.2. The fourth-order valence-electron chi connectivity index (χ4n) is 8.00. The van der Waals surface area contributed by atoms with Gasteiger partial charge >= 0.3 is 0 Å². The van der Waals surface area contributed by atoms with E-state index in [2.05, 4.69) is 132 Å². The summed E-state index contributed by atoms with van der Waals surface area (Å²) in [6, 6.07) is 67.4. The Morgan fingerprint density at radius 1 is 0.339 bits per heavy atom. The van der Waals surface area contributed by atoms with E-state index in [9.17, 15) is 0 Å². The Morgan fingerprint density at radius 2 is 0.893 bits per heavy atom. The van der Waals surface area contributed by atoms with Crippen LogP contribution < -0.4 is 0 Å². The molecule has 0 saturated heterocycles. The zero-order valence-corrected chi connectivity index (χ0v) is 30.2. The first-order chi connectivity index (χ1) is 27.7. The molecule has 0 radical (unpaired) electrons. The molecular formula is C51H32N4O. The molecule has 0 spiro atoms. The van der Waals surface area contributed by atoms with Gasteiger partial charge in [-0.1, -0.05) is 146 Å². The Kier molecular flexibility index (Phi) is 7.42. The predicted molar refractivity (Wildman–Crippen MR) is 229 cm³/mol. The summed E-state index contributed by atoms with van der Waals surface area (Å²) in [5, 5.41) is 4.37. The van der Waals surface area contributed by atoms with E-state index in [0.717, 1.165) is 66.5 Å². The lowest BCUT2D eigenvalue weighted by Gasteiger charge is -2.11. The Labute approximate surface area is 322 Å². The van der Waals surface area contributed by atoms with Gasteiger partial charge in [-0.25, -0.2) is 15.0 Å². The second kappa shape index (κ2) is 13.0. The minimum atomic E-state index is 0.587. The summed E-state index contributed by atoms with van der Waals surface area (Å²) < 4.78 is 9.20. The average Bonchev–Trinajstić information content (AvgIpc) is 3.82. The number of aromatic nitrogens is 4. The van der Waals surface area contributed by atoms with Gasteiger partial charge in [-0.05, 0) is 64.7 Å². The van der Waals surface area contributed by atoms with Crippen molar-refractivity contribution in [2.45, 2.75) is 0 Å². The number of furan rings is 1. The summed E-state index contributed by atoms with van der Waals surface area (Å²) in [5.74, 6) is 1.82. The van der Waals surface area contributed by atoms with Crippen molar-refractivity contribution in [1.29, 1.82) is 0 Å². The monoisotopic (exact) mass is 716 g/mol. The summed E-state index contributed by atoms with van der Waals surface area (Å²) in [6.07, 6.45) is 0. The third kappa shape index (κ3) is 5.37. The molecule has 0 aliphatic heterocycles. The SMILES string of the molecule is c1ccc(-c2cc(-c3nc(-c4ccccc4)nc(-c4ccccc4)n3)c3c(c2)oc2cc(-n4c5ccccc5c5cc(-c6ccccc6)ccc54)ccc23)cc1. The molecule has 11 aromatic rings. The molecule has 0 fully saturated rings. The van der Waals surface area contributed by atoms with Crippen molar-refractivity contribution in [3.63, 3.8) is 0 Å². The van der Waals surface area contributed by atoms with Crippen molar-refractivity contribution in [2.75, 3.05) is 0 Å². The van der Waals surface area contributed by atoms with Crippen LogP contribution in [-0.4, -0.2) is 19.5 Å². The number of hydrogen-bond donors (Lipinski definition) is 0. The number of nitrogens with zero attached hydrogens (tertiary/aromatic N) is 4. The van der Waals surface area contributed by atoms with Gasteiger partial charge in [0.25, 0.3) is 0 Å². The van der Waals surface area contributed by atoms with E-state index in [4.69, 9.17) is 19.4 Å². The summed E-state index contributed by atoms with van der Waals surface area (Å²) in [7, 11) is 0. The van der Waals surface area contributed by atoms with Crippen LogP contribution in [0.2, 0.25) is 0 Å². The van der Waals surface area contributed by atoms with Crippen LogP contribution in [0, 0.1) is 0 Å². The average molecular weight is 717 g/mol. The maximum atomic E-state index is 6.86. The lowest BCUT2D eigenvalue weighted by molar-refractivity contribution is 0.669. The van der Waals surface area contributed by atoms with E-state index >= 15 is 0 Å². The Balaban J connectivity index is 1.15. The van der Waals surface area contributed by atoms with E-state index in [1.165, 1.54) is 21.9 Å². The largest absolute Gasteiger partial charge is 0.456 e. The number of fused-ring (bicyclic) bond motifs is 6. The van der Waals surface area contributed by atoms with Crippen LogP contribution in [0.3, 0.4) is 0 Å². The van der Waals surface area contributed by atoms with Crippen LogP contribution in [0.5, 0.6) is 0 Å². The maximum absolute atomic E-state index is 6.86. The topological polar surface area (TPSA) is 56.7 Å². The van der Waals surface area contributed by atoms with Gasteiger partial charge in [0.05, 0.1) is 11.0 Å². The zero-order valence-electron chi connectivity index (χ0n) is 30.2. The highest BCUT2D eigenvalue weighted by molar-refractivity contribution is 6.14. The van der Waals surface area contributed by atoms with Gasteiger partial charge in [0.15, 0.2) is 17.5 Å². The van der Waals surface area contributed by atoms with E-state index in [0.29, 0.717) is 17.5 Å². The summed E-state index contributed by atoms with van der Waals surface area (Å²) in [4.78, 5) is 15.3. The molecule has 5 nitrogen and oxygen atoms in total. The smallest absolute Gasteiger partial charge is 0.164 e. The minimum Gasteiger partial charge on any atom is -0.456 e. The molecule has 262 valence electrons. The second-order valence-corrected chi connectivity index (χ2v) is 14.0. The molecule has 0 amide bonds. The first-order valence-corrected chi connectivity index (χ1v) is 18.8. The Morgan fingerprint density at radius 3 is 1.55 bits per heavy atom. The van der Waals surface area contributed by atoms with Crippen molar-refractivity contribution in [1.82, 2.24) is 19.5 Å². The number of hydrogen-bond acceptors (Lipinski definition) is 4. The van der Waals surface area contributed by atoms with Crippen LogP contribution in [0.25, 0.3) is 106 Å². The van der Waals surface area contributed by atoms with Crippen molar-refractivity contribution in [3.05, 3.63) is 194 Å². The summed E-state index contributed by atoms with van der Waals surface area (Å²) >= 11 is 0. The van der Waals surface area contributed by atoms with Gasteiger partial charge in [0.1, 0.15) is 11.2 Å². The molecule has 11 rings (SSSR count). The van der Waals surface area contributed by atoms with Gasteiger partial charge in [-0.2, -0.15) is 0 Å². The number of para-hydroxylation sites is 1. The van der Waals surface area contributed by atoms with Crippen LogP contribution in [-0.2, 0) is 0 Å².